The van der Waals surface area contributed by atoms with E-state index in [1.807, 2.05) is 0 Å². The van der Waals surface area contributed by atoms with Crippen molar-refractivity contribution < 1.29 is 4.79 Å². The maximum Gasteiger partial charge on any atom is 0.232 e. The van der Waals surface area contributed by atoms with Crippen LogP contribution in [0.25, 0.3) is 0 Å². The minimum absolute atomic E-state index is 0.0247. The van der Waals surface area contributed by atoms with Crippen LogP contribution >= 0.6 is 23.2 Å². The number of benzene rings is 1. The summed E-state index contributed by atoms with van der Waals surface area (Å²) in [6.45, 7) is 5.74. The highest BCUT2D eigenvalue weighted by atomic mass is 35.5. The summed E-state index contributed by atoms with van der Waals surface area (Å²) in [5.41, 5.74) is 0.256. The number of halogens is 2. The quantitative estimate of drug-likeness (QED) is 0.896. The fourth-order valence-corrected chi connectivity index (χ4v) is 2.95. The molecule has 1 aromatic rings. The molecular weight excluding hydrogens is 283 g/mol. The molecular formula is C14H18Cl2N2O. The summed E-state index contributed by atoms with van der Waals surface area (Å²) in [6, 6.07) is 5.09. The van der Waals surface area contributed by atoms with Crippen molar-refractivity contribution >= 4 is 34.8 Å². The number of hydrogen-bond acceptors (Lipinski definition) is 2. The second-order valence-electron chi connectivity index (χ2n) is 5.32. The van der Waals surface area contributed by atoms with E-state index in [0.29, 0.717) is 22.3 Å². The van der Waals surface area contributed by atoms with E-state index in [1.165, 1.54) is 0 Å². The van der Waals surface area contributed by atoms with Crippen molar-refractivity contribution in [3.05, 3.63) is 28.2 Å². The first-order chi connectivity index (χ1) is 8.95. The van der Waals surface area contributed by atoms with Crippen LogP contribution < -0.4 is 10.6 Å². The summed E-state index contributed by atoms with van der Waals surface area (Å²) in [4.78, 5) is 12.6. The topological polar surface area (TPSA) is 41.1 Å². The Balaban J connectivity index is 2.20. The molecule has 2 N–H and O–H groups in total. The highest BCUT2D eigenvalue weighted by Crippen LogP contribution is 2.36. The smallest absolute Gasteiger partial charge is 0.232 e. The van der Waals surface area contributed by atoms with Gasteiger partial charge in [0.15, 0.2) is 0 Å². The molecule has 1 aromatic carbocycles. The monoisotopic (exact) mass is 300 g/mol. The molecule has 0 aliphatic carbocycles. The molecule has 1 saturated heterocycles. The van der Waals surface area contributed by atoms with Crippen molar-refractivity contribution in [1.82, 2.24) is 5.32 Å². The van der Waals surface area contributed by atoms with Crippen molar-refractivity contribution in [2.45, 2.75) is 20.3 Å². The maximum absolute atomic E-state index is 12.6. The van der Waals surface area contributed by atoms with Crippen LogP contribution in [0.4, 0.5) is 5.69 Å². The van der Waals surface area contributed by atoms with E-state index in [-0.39, 0.29) is 17.2 Å². The van der Waals surface area contributed by atoms with Crippen LogP contribution in [0.2, 0.25) is 10.0 Å². The van der Waals surface area contributed by atoms with Crippen LogP contribution in [0.5, 0.6) is 0 Å². The van der Waals surface area contributed by atoms with Gasteiger partial charge in [-0.15, -0.1) is 0 Å². The molecule has 5 heteroatoms. The molecule has 0 bridgehead atoms. The highest BCUT2D eigenvalue weighted by molar-refractivity contribution is 6.36. The van der Waals surface area contributed by atoms with Gasteiger partial charge in [0.2, 0.25) is 5.91 Å². The number of carbonyl (C=O) groups is 1. The third-order valence-electron chi connectivity index (χ3n) is 3.93. The van der Waals surface area contributed by atoms with Crippen LogP contribution in [0.15, 0.2) is 18.2 Å². The average molecular weight is 301 g/mol. The van der Waals surface area contributed by atoms with Gasteiger partial charge in [0.25, 0.3) is 0 Å². The number of nitrogens with one attached hydrogen (secondary N) is 2. The first kappa shape index (κ1) is 14.6. The lowest BCUT2D eigenvalue weighted by Crippen LogP contribution is -2.42. The van der Waals surface area contributed by atoms with Gasteiger partial charge in [0.1, 0.15) is 0 Å². The molecule has 3 nitrogen and oxygen atoms in total. The third-order valence-corrected chi connectivity index (χ3v) is 4.47. The summed E-state index contributed by atoms with van der Waals surface area (Å²) in [7, 11) is 0. The molecule has 19 heavy (non-hydrogen) atoms. The Morgan fingerprint density at radius 2 is 2.16 bits per heavy atom. The molecule has 1 aliphatic rings. The number of carbonyl (C=O) groups excluding carboxylic acids is 1. The number of anilines is 1. The van der Waals surface area contributed by atoms with Crippen molar-refractivity contribution in [3.8, 4) is 0 Å². The zero-order valence-electron chi connectivity index (χ0n) is 11.1. The molecule has 0 spiro atoms. The summed E-state index contributed by atoms with van der Waals surface area (Å²) < 4.78 is 0. The minimum atomic E-state index is -0.358. The maximum atomic E-state index is 12.6. The Morgan fingerprint density at radius 3 is 2.68 bits per heavy atom. The third kappa shape index (κ3) is 2.88. The Labute approximate surface area is 123 Å². The van der Waals surface area contributed by atoms with Gasteiger partial charge in [0.05, 0.1) is 16.1 Å². The van der Waals surface area contributed by atoms with Crippen LogP contribution in [-0.2, 0) is 4.79 Å². The fraction of sp³-hybridized carbons (Fsp3) is 0.500. The molecule has 0 aromatic heterocycles. The van der Waals surface area contributed by atoms with Crippen LogP contribution in [0.1, 0.15) is 20.3 Å². The Morgan fingerprint density at radius 1 is 1.42 bits per heavy atom. The summed E-state index contributed by atoms with van der Waals surface area (Å²) in [5.74, 6) is 0.297. The van der Waals surface area contributed by atoms with Gasteiger partial charge in [-0.2, -0.15) is 0 Å². The molecule has 1 fully saturated rings. The van der Waals surface area contributed by atoms with E-state index in [9.17, 15) is 4.79 Å². The molecule has 104 valence electrons. The van der Waals surface area contributed by atoms with Gasteiger partial charge in [0, 0.05) is 11.6 Å². The standard InChI is InChI=1S/C14H18Cl2N2O/c1-9(2)14(5-6-17-8-14)13(19)18-12-4-3-10(15)7-11(12)16/h3-4,7,9,17H,5-6,8H2,1-2H3,(H,18,19). The molecule has 0 saturated carbocycles. The first-order valence-electron chi connectivity index (χ1n) is 6.43. The number of rotatable bonds is 3. The molecule has 0 radical (unpaired) electrons. The van der Waals surface area contributed by atoms with Crippen molar-refractivity contribution in [3.63, 3.8) is 0 Å². The van der Waals surface area contributed by atoms with E-state index < -0.39 is 0 Å². The Bertz CT molecular complexity index is 482. The van der Waals surface area contributed by atoms with Crippen LogP contribution in [0, 0.1) is 11.3 Å². The second kappa shape index (κ2) is 5.70. The zero-order valence-corrected chi connectivity index (χ0v) is 12.6. The predicted molar refractivity (Wildman–Crippen MR) is 79.8 cm³/mol. The summed E-state index contributed by atoms with van der Waals surface area (Å²) in [5, 5.41) is 7.22. The van der Waals surface area contributed by atoms with Gasteiger partial charge >= 0.3 is 0 Å². The van der Waals surface area contributed by atoms with Gasteiger partial charge < -0.3 is 10.6 Å². The molecule has 1 unspecified atom stereocenters. The normalized spacial score (nSPS) is 22.8. The van der Waals surface area contributed by atoms with Gasteiger partial charge in [-0.05, 0) is 37.1 Å². The predicted octanol–water partition coefficient (Wildman–Crippen LogP) is 3.57. The molecule has 1 aliphatic heterocycles. The highest BCUT2D eigenvalue weighted by Gasteiger charge is 2.43. The largest absolute Gasteiger partial charge is 0.324 e. The summed E-state index contributed by atoms with van der Waals surface area (Å²) >= 11 is 11.9. The van der Waals surface area contributed by atoms with E-state index in [0.717, 1.165) is 13.0 Å². The number of hydrogen-bond donors (Lipinski definition) is 2. The van der Waals surface area contributed by atoms with E-state index in [2.05, 4.69) is 24.5 Å². The van der Waals surface area contributed by atoms with E-state index in [4.69, 9.17) is 23.2 Å². The first-order valence-corrected chi connectivity index (χ1v) is 7.18. The molecule has 2 rings (SSSR count). The molecule has 1 amide bonds. The average Bonchev–Trinajstić information content (AvgIpc) is 2.83. The lowest BCUT2D eigenvalue weighted by atomic mass is 9.75. The van der Waals surface area contributed by atoms with Crippen LogP contribution in [0.3, 0.4) is 0 Å². The Kier molecular flexibility index (Phi) is 4.39. The van der Waals surface area contributed by atoms with Crippen molar-refractivity contribution in [1.29, 1.82) is 0 Å². The Hall–Kier alpha value is -0.770. The zero-order chi connectivity index (χ0) is 14.0. The van der Waals surface area contributed by atoms with Gasteiger partial charge in [-0.25, -0.2) is 0 Å². The fourth-order valence-electron chi connectivity index (χ4n) is 2.50. The molecule has 1 atom stereocenters. The second-order valence-corrected chi connectivity index (χ2v) is 6.16. The van der Waals surface area contributed by atoms with Crippen molar-refractivity contribution in [2.24, 2.45) is 11.3 Å². The van der Waals surface area contributed by atoms with Gasteiger partial charge in [-0.3, -0.25) is 4.79 Å². The summed E-state index contributed by atoms with van der Waals surface area (Å²) in [6.07, 6.45) is 0.849. The van der Waals surface area contributed by atoms with E-state index in [1.54, 1.807) is 18.2 Å². The van der Waals surface area contributed by atoms with Crippen molar-refractivity contribution in [2.75, 3.05) is 18.4 Å². The lowest BCUT2D eigenvalue weighted by Gasteiger charge is -2.31. The molecule has 1 heterocycles. The van der Waals surface area contributed by atoms with E-state index >= 15 is 0 Å². The lowest BCUT2D eigenvalue weighted by molar-refractivity contribution is -0.126. The SMILES string of the molecule is CC(C)C1(C(=O)Nc2ccc(Cl)cc2Cl)CCNC1. The van der Waals surface area contributed by atoms with Gasteiger partial charge in [-0.1, -0.05) is 37.0 Å². The number of amides is 1. The van der Waals surface area contributed by atoms with Crippen LogP contribution in [-0.4, -0.2) is 19.0 Å². The minimum Gasteiger partial charge on any atom is -0.324 e.